The summed E-state index contributed by atoms with van der Waals surface area (Å²) in [7, 11) is 1.70. The maximum atomic E-state index is 6.95. The molecule has 2 aromatic carbocycles. The highest BCUT2D eigenvalue weighted by Gasteiger charge is 2.42. The van der Waals surface area contributed by atoms with Crippen LogP contribution in [0.25, 0.3) is 5.69 Å². The molecule has 2 saturated heterocycles. The third kappa shape index (κ3) is 4.85. The molecule has 2 aliphatic heterocycles. The van der Waals surface area contributed by atoms with E-state index < -0.39 is 0 Å². The van der Waals surface area contributed by atoms with Gasteiger partial charge < -0.3 is 24.4 Å². The normalized spacial score (nSPS) is 19.8. The minimum atomic E-state index is -0.176. The van der Waals surface area contributed by atoms with Crippen molar-refractivity contribution in [3.05, 3.63) is 102 Å². The number of nitrogens with one attached hydrogen (secondary N) is 1. The van der Waals surface area contributed by atoms with Gasteiger partial charge in [-0.1, -0.05) is 36.7 Å². The summed E-state index contributed by atoms with van der Waals surface area (Å²) in [5.41, 5.74) is 4.98. The highest BCUT2D eigenvalue weighted by Crippen LogP contribution is 2.44. The van der Waals surface area contributed by atoms with Gasteiger partial charge in [0.25, 0.3) is 0 Å². The first kappa shape index (κ1) is 25.7. The SMILES string of the molecule is COc1ccccc1-n1cccc1[C@@H]1[C@H](c2ccccn2)NC(=S)N1c1ccc(N2CCC(C)CC2)c(Cl)c1. The Kier molecular flexibility index (Phi) is 7.19. The molecule has 0 aliphatic carbocycles. The van der Waals surface area contributed by atoms with Gasteiger partial charge in [0.15, 0.2) is 5.11 Å². The van der Waals surface area contributed by atoms with Gasteiger partial charge in [-0.05, 0) is 85.6 Å². The quantitative estimate of drug-likeness (QED) is 0.259. The van der Waals surface area contributed by atoms with Gasteiger partial charge in [0.05, 0.1) is 35.2 Å². The summed E-state index contributed by atoms with van der Waals surface area (Å²) >= 11 is 12.9. The van der Waals surface area contributed by atoms with Crippen molar-refractivity contribution in [3.63, 3.8) is 0 Å². The summed E-state index contributed by atoms with van der Waals surface area (Å²) in [6.45, 7) is 4.38. The van der Waals surface area contributed by atoms with E-state index in [9.17, 15) is 0 Å². The lowest BCUT2D eigenvalue weighted by Crippen LogP contribution is -2.33. The second kappa shape index (κ2) is 10.9. The maximum absolute atomic E-state index is 6.95. The Balaban J connectivity index is 1.44. The second-order valence-corrected chi connectivity index (χ2v) is 11.1. The maximum Gasteiger partial charge on any atom is 0.174 e. The molecule has 2 atom stereocenters. The zero-order valence-corrected chi connectivity index (χ0v) is 23.7. The summed E-state index contributed by atoms with van der Waals surface area (Å²) in [5, 5.41) is 4.94. The number of anilines is 2. The summed E-state index contributed by atoms with van der Waals surface area (Å²) in [4.78, 5) is 9.27. The van der Waals surface area contributed by atoms with E-state index in [0.717, 1.165) is 58.2 Å². The van der Waals surface area contributed by atoms with Crippen molar-refractivity contribution in [2.75, 3.05) is 30.0 Å². The van der Waals surface area contributed by atoms with Gasteiger partial charge in [0.1, 0.15) is 11.8 Å². The van der Waals surface area contributed by atoms with Gasteiger partial charge in [-0.3, -0.25) is 4.98 Å². The molecule has 0 radical (unpaired) electrons. The largest absolute Gasteiger partial charge is 0.495 e. The van der Waals surface area contributed by atoms with Crippen molar-refractivity contribution >= 4 is 40.3 Å². The molecule has 2 aromatic heterocycles. The van der Waals surface area contributed by atoms with E-state index in [0.29, 0.717) is 5.11 Å². The van der Waals surface area contributed by atoms with Gasteiger partial charge in [-0.25, -0.2) is 0 Å². The Labute approximate surface area is 240 Å². The van der Waals surface area contributed by atoms with Crippen LogP contribution < -0.4 is 19.9 Å². The van der Waals surface area contributed by atoms with Crippen molar-refractivity contribution in [2.24, 2.45) is 5.92 Å². The number of ether oxygens (including phenoxy) is 1. The molecule has 4 aromatic rings. The zero-order chi connectivity index (χ0) is 26.9. The second-order valence-electron chi connectivity index (χ2n) is 10.3. The predicted octanol–water partition coefficient (Wildman–Crippen LogP) is 6.95. The number of pyridine rings is 1. The average Bonchev–Trinajstić information content (AvgIpc) is 3.58. The summed E-state index contributed by atoms with van der Waals surface area (Å²) in [6.07, 6.45) is 6.26. The first-order chi connectivity index (χ1) is 19.0. The van der Waals surface area contributed by atoms with Crippen LogP contribution in [-0.2, 0) is 0 Å². The number of benzene rings is 2. The fraction of sp³-hybridized carbons (Fsp3) is 0.290. The first-order valence-corrected chi connectivity index (χ1v) is 14.2. The number of nitrogens with zero attached hydrogens (tertiary/aromatic N) is 4. The molecule has 2 fully saturated rings. The lowest BCUT2D eigenvalue weighted by molar-refractivity contribution is 0.412. The molecule has 2 aliphatic rings. The molecule has 8 heteroatoms. The van der Waals surface area contributed by atoms with E-state index in [4.69, 9.17) is 33.5 Å². The summed E-state index contributed by atoms with van der Waals surface area (Å²) < 4.78 is 7.89. The molecule has 39 heavy (non-hydrogen) atoms. The molecule has 0 amide bonds. The lowest BCUT2D eigenvalue weighted by atomic mass is 9.98. The molecular formula is C31H32ClN5OS. The summed E-state index contributed by atoms with van der Waals surface area (Å²) in [6, 6.07) is 24.2. The smallest absolute Gasteiger partial charge is 0.174 e. The predicted molar refractivity (Wildman–Crippen MR) is 162 cm³/mol. The molecule has 0 unspecified atom stereocenters. The van der Waals surface area contributed by atoms with Gasteiger partial charge >= 0.3 is 0 Å². The number of hydrogen-bond donors (Lipinski definition) is 1. The zero-order valence-electron chi connectivity index (χ0n) is 22.1. The fourth-order valence-electron chi connectivity index (χ4n) is 5.77. The van der Waals surface area contributed by atoms with Crippen LogP contribution in [0.3, 0.4) is 0 Å². The van der Waals surface area contributed by atoms with Crippen molar-refractivity contribution < 1.29 is 4.74 Å². The van der Waals surface area contributed by atoms with Gasteiger partial charge in [-0.2, -0.15) is 0 Å². The number of aromatic nitrogens is 2. The Morgan fingerprint density at radius 3 is 2.51 bits per heavy atom. The van der Waals surface area contributed by atoms with Crippen LogP contribution in [0.4, 0.5) is 11.4 Å². The number of para-hydroxylation sites is 2. The highest BCUT2D eigenvalue weighted by atomic mass is 35.5. The number of methoxy groups -OCH3 is 1. The summed E-state index contributed by atoms with van der Waals surface area (Å²) in [5.74, 6) is 1.56. The Morgan fingerprint density at radius 2 is 1.77 bits per heavy atom. The average molecular weight is 558 g/mol. The monoisotopic (exact) mass is 557 g/mol. The molecule has 6 rings (SSSR count). The first-order valence-electron chi connectivity index (χ1n) is 13.4. The van der Waals surface area contributed by atoms with Crippen LogP contribution in [0.15, 0.2) is 85.2 Å². The molecule has 0 bridgehead atoms. The number of piperidine rings is 1. The van der Waals surface area contributed by atoms with Crippen LogP contribution in [0.5, 0.6) is 5.75 Å². The van der Waals surface area contributed by atoms with E-state index in [1.54, 1.807) is 7.11 Å². The van der Waals surface area contributed by atoms with E-state index in [-0.39, 0.29) is 12.1 Å². The number of hydrogen-bond acceptors (Lipinski definition) is 4. The molecular weight excluding hydrogens is 526 g/mol. The number of thiocarbonyl (C=S) groups is 1. The molecule has 0 saturated carbocycles. The van der Waals surface area contributed by atoms with Gasteiger partial charge in [0.2, 0.25) is 0 Å². The molecule has 200 valence electrons. The fourth-order valence-corrected chi connectivity index (χ4v) is 6.41. The van der Waals surface area contributed by atoms with Crippen LogP contribution in [0.1, 0.15) is 43.2 Å². The Hall–Kier alpha value is -3.55. The van der Waals surface area contributed by atoms with Crippen molar-refractivity contribution in [3.8, 4) is 11.4 Å². The van der Waals surface area contributed by atoms with E-state index in [1.807, 2.05) is 48.7 Å². The molecule has 4 heterocycles. The van der Waals surface area contributed by atoms with E-state index in [2.05, 4.69) is 63.1 Å². The van der Waals surface area contributed by atoms with E-state index in [1.165, 1.54) is 12.8 Å². The minimum Gasteiger partial charge on any atom is -0.495 e. The van der Waals surface area contributed by atoms with Gasteiger partial charge in [-0.15, -0.1) is 0 Å². The third-order valence-corrected chi connectivity index (χ3v) is 8.48. The molecule has 6 nitrogen and oxygen atoms in total. The van der Waals surface area contributed by atoms with Crippen molar-refractivity contribution in [1.82, 2.24) is 14.9 Å². The molecule has 0 spiro atoms. The van der Waals surface area contributed by atoms with E-state index >= 15 is 0 Å². The van der Waals surface area contributed by atoms with Crippen molar-refractivity contribution in [1.29, 1.82) is 0 Å². The Bertz CT molecular complexity index is 1470. The highest BCUT2D eigenvalue weighted by molar-refractivity contribution is 7.80. The van der Waals surface area contributed by atoms with Gasteiger partial charge in [0, 0.05) is 36.9 Å². The molecule has 1 N–H and O–H groups in total. The number of rotatable bonds is 6. The standard InChI is InChI=1S/C31H32ClN5OS/c1-21-14-18-35(19-15-21)25-13-12-22(20-23(25)32)37-30(29(34-31(37)39)24-8-5-6-16-33-24)27-10-7-17-36(27)26-9-3-4-11-28(26)38-2/h3-13,16-17,20-21,29-30H,14-15,18-19H2,1-2H3,(H,34,39)/t29-,30+/m0/s1. The topological polar surface area (TPSA) is 45.6 Å². The number of halogens is 1. The lowest BCUT2D eigenvalue weighted by Gasteiger charge is -2.33. The van der Waals surface area contributed by atoms with Crippen LogP contribution in [-0.4, -0.2) is 34.9 Å². The minimum absolute atomic E-state index is 0.163. The van der Waals surface area contributed by atoms with Crippen LogP contribution >= 0.6 is 23.8 Å². The Morgan fingerprint density at radius 1 is 0.974 bits per heavy atom. The van der Waals surface area contributed by atoms with Crippen molar-refractivity contribution in [2.45, 2.75) is 31.8 Å². The third-order valence-electron chi connectivity index (χ3n) is 7.86. The van der Waals surface area contributed by atoms with Crippen LogP contribution in [0, 0.1) is 5.92 Å². The van der Waals surface area contributed by atoms with Crippen LogP contribution in [0.2, 0.25) is 5.02 Å².